The largest absolute Gasteiger partial charge is 0.351 e. The highest BCUT2D eigenvalue weighted by Gasteiger charge is 2.24. The monoisotopic (exact) mass is 506 g/mol. The maximum absolute atomic E-state index is 12.3. The summed E-state index contributed by atoms with van der Waals surface area (Å²) in [5.41, 5.74) is 1.48. The van der Waals surface area contributed by atoms with Crippen LogP contribution in [-0.4, -0.2) is 62.5 Å². The number of anilines is 2. The molecule has 0 aliphatic heterocycles. The lowest BCUT2D eigenvalue weighted by molar-refractivity contribution is 0.387. The van der Waals surface area contributed by atoms with Crippen LogP contribution in [0.5, 0.6) is 0 Å². The summed E-state index contributed by atoms with van der Waals surface area (Å²) in [7, 11) is -6.60. The molecule has 0 atom stereocenters. The molecule has 0 bridgehead atoms. The van der Waals surface area contributed by atoms with Crippen molar-refractivity contribution in [1.82, 2.24) is 19.3 Å². The molecule has 184 valence electrons. The van der Waals surface area contributed by atoms with Gasteiger partial charge < -0.3 is 9.88 Å². The summed E-state index contributed by atoms with van der Waals surface area (Å²) < 4.78 is 53.4. The van der Waals surface area contributed by atoms with E-state index in [0.29, 0.717) is 24.0 Å². The SMILES string of the molecule is CCN(c1cccc2c1ccn2-c1ccnc(NC2CCC(NS(C)(=O)=O)CC2)n1)S(C)(=O)=O. The number of nitrogens with one attached hydrogen (secondary N) is 2. The van der Waals surface area contributed by atoms with E-state index in [-0.39, 0.29) is 12.1 Å². The van der Waals surface area contributed by atoms with Crippen LogP contribution in [0.3, 0.4) is 0 Å². The smallest absolute Gasteiger partial charge is 0.232 e. The van der Waals surface area contributed by atoms with Crippen molar-refractivity contribution in [2.24, 2.45) is 0 Å². The Balaban J connectivity index is 1.55. The van der Waals surface area contributed by atoms with Gasteiger partial charge in [0, 0.05) is 36.4 Å². The molecule has 0 radical (unpaired) electrons. The highest BCUT2D eigenvalue weighted by Crippen LogP contribution is 2.31. The van der Waals surface area contributed by atoms with E-state index >= 15 is 0 Å². The number of sulfonamides is 2. The van der Waals surface area contributed by atoms with E-state index < -0.39 is 20.0 Å². The van der Waals surface area contributed by atoms with Crippen molar-refractivity contribution in [3.63, 3.8) is 0 Å². The summed E-state index contributed by atoms with van der Waals surface area (Å²) in [5.74, 6) is 1.17. The molecule has 34 heavy (non-hydrogen) atoms. The Labute approximate surface area is 200 Å². The van der Waals surface area contributed by atoms with Crippen LogP contribution in [0.4, 0.5) is 11.6 Å². The average molecular weight is 507 g/mol. The molecule has 1 aliphatic rings. The molecule has 0 saturated heterocycles. The van der Waals surface area contributed by atoms with Crippen molar-refractivity contribution >= 4 is 42.6 Å². The van der Waals surface area contributed by atoms with Gasteiger partial charge in [-0.1, -0.05) is 6.07 Å². The molecule has 4 rings (SSSR count). The van der Waals surface area contributed by atoms with Crippen LogP contribution in [0.25, 0.3) is 16.7 Å². The number of rotatable bonds is 8. The van der Waals surface area contributed by atoms with Crippen molar-refractivity contribution in [1.29, 1.82) is 0 Å². The molecule has 1 saturated carbocycles. The Morgan fingerprint density at radius 3 is 2.38 bits per heavy atom. The molecular formula is C22H30N6O4S2. The molecule has 2 N–H and O–H groups in total. The molecule has 2 heterocycles. The number of hydrogen-bond donors (Lipinski definition) is 2. The first-order valence-electron chi connectivity index (χ1n) is 11.2. The van der Waals surface area contributed by atoms with Gasteiger partial charge in [-0.15, -0.1) is 0 Å². The van der Waals surface area contributed by atoms with Crippen LogP contribution in [-0.2, 0) is 20.0 Å². The van der Waals surface area contributed by atoms with Gasteiger partial charge in [-0.3, -0.25) is 4.31 Å². The van der Waals surface area contributed by atoms with Gasteiger partial charge in [-0.2, -0.15) is 4.98 Å². The summed E-state index contributed by atoms with van der Waals surface area (Å²) in [6.07, 6.45) is 9.09. The van der Waals surface area contributed by atoms with Crippen molar-refractivity contribution < 1.29 is 16.8 Å². The Morgan fingerprint density at radius 1 is 1.03 bits per heavy atom. The van der Waals surface area contributed by atoms with E-state index in [2.05, 4.69) is 20.0 Å². The van der Waals surface area contributed by atoms with Crippen molar-refractivity contribution in [3.05, 3.63) is 42.7 Å². The van der Waals surface area contributed by atoms with E-state index in [1.54, 1.807) is 18.3 Å². The van der Waals surface area contributed by atoms with Gasteiger partial charge in [-0.05, 0) is 56.9 Å². The van der Waals surface area contributed by atoms with Gasteiger partial charge in [0.25, 0.3) is 0 Å². The second-order valence-corrected chi connectivity index (χ2v) is 12.3. The van der Waals surface area contributed by atoms with E-state index in [9.17, 15) is 16.8 Å². The molecule has 2 aromatic heterocycles. The van der Waals surface area contributed by atoms with Crippen LogP contribution < -0.4 is 14.3 Å². The highest BCUT2D eigenvalue weighted by molar-refractivity contribution is 7.92. The second kappa shape index (κ2) is 9.51. The van der Waals surface area contributed by atoms with Crippen LogP contribution >= 0.6 is 0 Å². The predicted octanol–water partition coefficient (Wildman–Crippen LogP) is 2.48. The molecule has 1 aromatic carbocycles. The summed E-state index contributed by atoms with van der Waals surface area (Å²) in [6, 6.07) is 9.40. The van der Waals surface area contributed by atoms with Crippen LogP contribution in [0.15, 0.2) is 42.7 Å². The molecule has 1 aliphatic carbocycles. The number of aromatic nitrogens is 3. The van der Waals surface area contributed by atoms with Gasteiger partial charge in [0.15, 0.2) is 0 Å². The predicted molar refractivity (Wildman–Crippen MR) is 134 cm³/mol. The van der Waals surface area contributed by atoms with Gasteiger partial charge >= 0.3 is 0 Å². The third-order valence-electron chi connectivity index (χ3n) is 5.99. The maximum atomic E-state index is 12.3. The van der Waals surface area contributed by atoms with Crippen molar-refractivity contribution in [2.45, 2.75) is 44.7 Å². The molecule has 12 heteroatoms. The maximum Gasteiger partial charge on any atom is 0.232 e. The van der Waals surface area contributed by atoms with Gasteiger partial charge in [0.05, 0.1) is 23.7 Å². The Bertz CT molecular complexity index is 1380. The van der Waals surface area contributed by atoms with Crippen LogP contribution in [0.2, 0.25) is 0 Å². The lowest BCUT2D eigenvalue weighted by atomic mass is 9.92. The van der Waals surface area contributed by atoms with E-state index in [0.717, 1.165) is 36.6 Å². The van der Waals surface area contributed by atoms with Gasteiger partial charge in [0.2, 0.25) is 26.0 Å². The molecule has 1 fully saturated rings. The number of hydrogen-bond acceptors (Lipinski definition) is 7. The normalized spacial score (nSPS) is 19.3. The molecule has 0 amide bonds. The van der Waals surface area contributed by atoms with E-state index in [1.165, 1.54) is 16.8 Å². The Morgan fingerprint density at radius 2 is 1.74 bits per heavy atom. The Hall–Kier alpha value is -2.70. The fourth-order valence-electron chi connectivity index (χ4n) is 4.55. The fraction of sp³-hybridized carbons (Fsp3) is 0.455. The number of benzene rings is 1. The minimum Gasteiger partial charge on any atom is -0.351 e. The first kappa shape index (κ1) is 24.4. The average Bonchev–Trinajstić information content (AvgIpc) is 3.19. The van der Waals surface area contributed by atoms with Crippen molar-refractivity contribution in [3.8, 4) is 5.82 Å². The van der Waals surface area contributed by atoms with Crippen LogP contribution in [0.1, 0.15) is 32.6 Å². The summed E-state index contributed by atoms with van der Waals surface area (Å²) >= 11 is 0. The third-order valence-corrected chi connectivity index (χ3v) is 8.01. The molecule has 3 aromatic rings. The minimum absolute atomic E-state index is 0.0321. The zero-order valence-electron chi connectivity index (χ0n) is 19.5. The summed E-state index contributed by atoms with van der Waals surface area (Å²) in [5, 5.41) is 4.19. The lowest BCUT2D eigenvalue weighted by Gasteiger charge is -2.29. The van der Waals surface area contributed by atoms with Crippen LogP contribution in [0, 0.1) is 0 Å². The molecular weight excluding hydrogens is 476 g/mol. The van der Waals surface area contributed by atoms with E-state index in [4.69, 9.17) is 0 Å². The third kappa shape index (κ3) is 5.50. The Kier molecular flexibility index (Phi) is 6.83. The summed E-state index contributed by atoms with van der Waals surface area (Å²) in [4.78, 5) is 9.04. The van der Waals surface area contributed by atoms with Gasteiger partial charge in [0.1, 0.15) is 5.82 Å². The zero-order chi connectivity index (χ0) is 24.5. The first-order valence-corrected chi connectivity index (χ1v) is 14.9. The van der Waals surface area contributed by atoms with Gasteiger partial charge in [-0.25, -0.2) is 26.5 Å². The standard InChI is InChI=1S/C22H30N6O4S2/c1-4-28(34(3,31)32)20-7-5-6-19-18(20)13-15-27(19)21-12-14-23-22(25-21)24-16-8-10-17(11-9-16)26-33(2,29)30/h5-7,12-17,26H,4,8-11H2,1-3H3,(H,23,24,25). The first-order chi connectivity index (χ1) is 16.0. The van der Waals surface area contributed by atoms with Crippen molar-refractivity contribution in [2.75, 3.05) is 28.7 Å². The number of fused-ring (bicyclic) bond motifs is 1. The highest BCUT2D eigenvalue weighted by atomic mass is 32.2. The number of nitrogens with zero attached hydrogens (tertiary/aromatic N) is 4. The topological polar surface area (TPSA) is 126 Å². The molecule has 0 spiro atoms. The molecule has 10 nitrogen and oxygen atoms in total. The second-order valence-electron chi connectivity index (χ2n) is 8.64. The molecule has 0 unspecified atom stereocenters. The summed E-state index contributed by atoms with van der Waals surface area (Å²) in [6.45, 7) is 2.15. The van der Waals surface area contributed by atoms with E-state index in [1.807, 2.05) is 35.9 Å². The zero-order valence-corrected chi connectivity index (χ0v) is 21.1. The fourth-order valence-corrected chi connectivity index (χ4v) is 6.37. The lowest BCUT2D eigenvalue weighted by Crippen LogP contribution is -2.39. The quantitative estimate of drug-likeness (QED) is 0.481. The minimum atomic E-state index is -3.40.